The molecule has 1 amide bonds. The van der Waals surface area contributed by atoms with Gasteiger partial charge in [0.2, 0.25) is 0 Å². The summed E-state index contributed by atoms with van der Waals surface area (Å²) in [5, 5.41) is 9.28. The van der Waals surface area contributed by atoms with Gasteiger partial charge < -0.3 is 15.4 Å². The Bertz CT molecular complexity index is 401. The van der Waals surface area contributed by atoms with Crippen molar-refractivity contribution in [2.45, 2.75) is 58.7 Å². The molecule has 0 fully saturated rings. The van der Waals surface area contributed by atoms with Crippen molar-refractivity contribution in [3.05, 3.63) is 16.6 Å². The molecule has 0 radical (unpaired) electrons. The van der Waals surface area contributed by atoms with E-state index in [1.54, 1.807) is 11.3 Å². The monoisotopic (exact) mass is 299 g/mol. The Morgan fingerprint density at radius 1 is 1.45 bits per heavy atom. The van der Waals surface area contributed by atoms with E-state index in [4.69, 9.17) is 4.74 Å². The predicted molar refractivity (Wildman–Crippen MR) is 82.0 cm³/mol. The summed E-state index contributed by atoms with van der Waals surface area (Å²) in [7, 11) is 0. The second-order valence-corrected chi connectivity index (χ2v) is 6.81. The number of nitrogens with zero attached hydrogens (tertiary/aromatic N) is 1. The van der Waals surface area contributed by atoms with Crippen LogP contribution in [0.1, 0.15) is 52.1 Å². The lowest BCUT2D eigenvalue weighted by Crippen LogP contribution is -2.39. The average molecular weight is 299 g/mol. The van der Waals surface area contributed by atoms with Crippen LogP contribution in [0.3, 0.4) is 0 Å². The molecule has 2 unspecified atom stereocenters. The van der Waals surface area contributed by atoms with Gasteiger partial charge in [0.25, 0.3) is 0 Å². The molecule has 0 aromatic carbocycles. The highest BCUT2D eigenvalue weighted by molar-refractivity contribution is 7.09. The molecular formula is C14H25N3O2S. The van der Waals surface area contributed by atoms with Crippen LogP contribution in [-0.4, -0.2) is 29.3 Å². The van der Waals surface area contributed by atoms with Gasteiger partial charge in [-0.1, -0.05) is 0 Å². The van der Waals surface area contributed by atoms with Gasteiger partial charge in [-0.2, -0.15) is 0 Å². The number of rotatable bonds is 6. The van der Waals surface area contributed by atoms with Crippen LogP contribution in [0.2, 0.25) is 0 Å². The molecule has 6 heteroatoms. The third-order valence-electron chi connectivity index (χ3n) is 2.61. The molecule has 2 N–H and O–H groups in total. The standard InChI is InChI=1S/C14H25N3O2S/c1-10(17-13(18)19-14(3,4)5)6-7-15-11(2)12-16-8-9-20-12/h8-11,15H,6-7H2,1-5H3,(H,17,18). The van der Waals surface area contributed by atoms with Crippen LogP contribution >= 0.6 is 11.3 Å². The van der Waals surface area contributed by atoms with Crippen molar-refractivity contribution >= 4 is 17.4 Å². The molecule has 1 rings (SSSR count). The SMILES string of the molecule is CC(CCNC(C)c1nccs1)NC(=O)OC(C)(C)C. The molecule has 0 aliphatic carbocycles. The van der Waals surface area contributed by atoms with Crippen LogP contribution < -0.4 is 10.6 Å². The first-order valence-electron chi connectivity index (χ1n) is 6.90. The van der Waals surface area contributed by atoms with E-state index in [2.05, 4.69) is 22.5 Å². The van der Waals surface area contributed by atoms with Gasteiger partial charge in [-0.25, -0.2) is 9.78 Å². The summed E-state index contributed by atoms with van der Waals surface area (Å²) in [6.45, 7) is 10.4. The Balaban J connectivity index is 2.20. The number of nitrogens with one attached hydrogen (secondary N) is 2. The molecule has 0 aliphatic rings. The number of carbonyl (C=O) groups excluding carboxylic acids is 1. The summed E-state index contributed by atoms with van der Waals surface area (Å²) in [6.07, 6.45) is 2.29. The zero-order chi connectivity index (χ0) is 15.2. The number of ether oxygens (including phenoxy) is 1. The molecule has 0 saturated carbocycles. The number of aromatic nitrogens is 1. The minimum absolute atomic E-state index is 0.0702. The first-order valence-corrected chi connectivity index (χ1v) is 7.78. The Labute approximate surface area is 125 Å². The largest absolute Gasteiger partial charge is 0.444 e. The fourth-order valence-corrected chi connectivity index (χ4v) is 2.30. The molecule has 1 aromatic rings. The lowest BCUT2D eigenvalue weighted by Gasteiger charge is -2.22. The second kappa shape index (κ2) is 7.59. The predicted octanol–water partition coefficient (Wildman–Crippen LogP) is 3.10. The van der Waals surface area contributed by atoms with E-state index in [1.807, 2.05) is 39.3 Å². The maximum atomic E-state index is 11.6. The van der Waals surface area contributed by atoms with Gasteiger partial charge in [0.1, 0.15) is 10.6 Å². The molecule has 0 bridgehead atoms. The van der Waals surface area contributed by atoms with E-state index >= 15 is 0 Å². The topological polar surface area (TPSA) is 63.2 Å². The summed E-state index contributed by atoms with van der Waals surface area (Å²) >= 11 is 1.64. The Morgan fingerprint density at radius 3 is 2.70 bits per heavy atom. The lowest BCUT2D eigenvalue weighted by atomic mass is 10.2. The fourth-order valence-electron chi connectivity index (χ4n) is 1.63. The summed E-state index contributed by atoms with van der Waals surface area (Å²) in [5.41, 5.74) is -0.457. The van der Waals surface area contributed by atoms with Crippen LogP contribution in [0, 0.1) is 0 Å². The lowest BCUT2D eigenvalue weighted by molar-refractivity contribution is 0.0506. The van der Waals surface area contributed by atoms with E-state index in [0.717, 1.165) is 18.0 Å². The number of thiazole rings is 1. The molecule has 0 saturated heterocycles. The number of carbonyl (C=O) groups is 1. The van der Waals surface area contributed by atoms with Gasteiger partial charge in [0, 0.05) is 17.6 Å². The van der Waals surface area contributed by atoms with Crippen molar-refractivity contribution < 1.29 is 9.53 Å². The Morgan fingerprint density at radius 2 is 2.15 bits per heavy atom. The Kier molecular flexibility index (Phi) is 6.42. The summed E-state index contributed by atoms with van der Waals surface area (Å²) in [6, 6.07) is 0.310. The number of hydrogen-bond donors (Lipinski definition) is 2. The highest BCUT2D eigenvalue weighted by Crippen LogP contribution is 2.14. The van der Waals surface area contributed by atoms with Gasteiger partial charge >= 0.3 is 6.09 Å². The number of hydrogen-bond acceptors (Lipinski definition) is 5. The quantitative estimate of drug-likeness (QED) is 0.847. The van der Waals surface area contributed by atoms with E-state index < -0.39 is 5.60 Å². The molecular weight excluding hydrogens is 274 g/mol. The van der Waals surface area contributed by atoms with Crippen molar-refractivity contribution in [3.63, 3.8) is 0 Å². The zero-order valence-corrected chi connectivity index (χ0v) is 13.7. The maximum Gasteiger partial charge on any atom is 0.407 e. The summed E-state index contributed by atoms with van der Waals surface area (Å²) < 4.78 is 5.22. The fraction of sp³-hybridized carbons (Fsp3) is 0.714. The van der Waals surface area contributed by atoms with Crippen molar-refractivity contribution in [3.8, 4) is 0 Å². The Hall–Kier alpha value is -1.14. The van der Waals surface area contributed by atoms with Crippen molar-refractivity contribution in [1.29, 1.82) is 0 Å². The molecule has 114 valence electrons. The number of alkyl carbamates (subject to hydrolysis) is 1. The minimum atomic E-state index is -0.457. The zero-order valence-electron chi connectivity index (χ0n) is 12.9. The van der Waals surface area contributed by atoms with E-state index in [0.29, 0.717) is 0 Å². The normalized spacial score (nSPS) is 14.7. The van der Waals surface area contributed by atoms with Crippen LogP contribution in [0.15, 0.2) is 11.6 Å². The third-order valence-corrected chi connectivity index (χ3v) is 3.57. The van der Waals surface area contributed by atoms with Crippen LogP contribution in [0.5, 0.6) is 0 Å². The summed E-state index contributed by atoms with van der Waals surface area (Å²) in [5.74, 6) is 0. The van der Waals surface area contributed by atoms with E-state index in [-0.39, 0.29) is 18.2 Å². The molecule has 0 aliphatic heterocycles. The van der Waals surface area contributed by atoms with E-state index in [1.165, 1.54) is 0 Å². The minimum Gasteiger partial charge on any atom is -0.444 e. The van der Waals surface area contributed by atoms with Crippen LogP contribution in [0.4, 0.5) is 4.79 Å². The van der Waals surface area contributed by atoms with Gasteiger partial charge in [-0.3, -0.25) is 0 Å². The molecule has 1 aromatic heterocycles. The smallest absolute Gasteiger partial charge is 0.407 e. The highest BCUT2D eigenvalue weighted by atomic mass is 32.1. The van der Waals surface area contributed by atoms with Gasteiger partial charge in [-0.05, 0) is 47.6 Å². The summed E-state index contributed by atoms with van der Waals surface area (Å²) in [4.78, 5) is 15.9. The van der Waals surface area contributed by atoms with Crippen LogP contribution in [-0.2, 0) is 4.74 Å². The van der Waals surface area contributed by atoms with Gasteiger partial charge in [-0.15, -0.1) is 11.3 Å². The molecule has 1 heterocycles. The van der Waals surface area contributed by atoms with Crippen molar-refractivity contribution in [2.75, 3.05) is 6.54 Å². The number of amides is 1. The third kappa shape index (κ3) is 6.86. The van der Waals surface area contributed by atoms with Crippen molar-refractivity contribution in [1.82, 2.24) is 15.6 Å². The first kappa shape index (κ1) is 16.9. The maximum absolute atomic E-state index is 11.6. The molecule has 20 heavy (non-hydrogen) atoms. The van der Waals surface area contributed by atoms with Crippen LogP contribution in [0.25, 0.3) is 0 Å². The van der Waals surface area contributed by atoms with E-state index in [9.17, 15) is 4.79 Å². The average Bonchev–Trinajstić information content (AvgIpc) is 2.78. The van der Waals surface area contributed by atoms with Gasteiger partial charge in [0.05, 0.1) is 6.04 Å². The molecule has 0 spiro atoms. The first-order chi connectivity index (χ1) is 9.28. The highest BCUT2D eigenvalue weighted by Gasteiger charge is 2.17. The molecule has 5 nitrogen and oxygen atoms in total. The molecule has 2 atom stereocenters. The van der Waals surface area contributed by atoms with Crippen molar-refractivity contribution in [2.24, 2.45) is 0 Å². The second-order valence-electron chi connectivity index (χ2n) is 5.88. The van der Waals surface area contributed by atoms with Gasteiger partial charge in [0.15, 0.2) is 0 Å².